The third-order valence-electron chi connectivity index (χ3n) is 2.06. The van der Waals surface area contributed by atoms with Crippen molar-refractivity contribution in [1.29, 1.82) is 0 Å². The maximum Gasteiger partial charge on any atom is 0.334 e. The number of nitrogens with zero attached hydrogens (tertiary/aromatic N) is 2. The van der Waals surface area contributed by atoms with E-state index < -0.39 is 24.6 Å². The average molecular weight is 286 g/mol. The highest BCUT2D eigenvalue weighted by molar-refractivity contribution is 5.87. The molecular weight excluding hydrogens is 272 g/mol. The molecule has 4 N–H and O–H groups in total. The van der Waals surface area contributed by atoms with E-state index in [9.17, 15) is 9.59 Å². The Bertz CT molecular complexity index is 472. The summed E-state index contributed by atoms with van der Waals surface area (Å²) in [7, 11) is 2.77. The number of aliphatic hydroxyl groups is 1. The van der Waals surface area contributed by atoms with E-state index in [0.29, 0.717) is 0 Å². The largest absolute Gasteiger partial charge is 0.481 e. The number of rotatable bonds is 6. The van der Waals surface area contributed by atoms with E-state index in [1.807, 2.05) is 0 Å². The van der Waals surface area contributed by atoms with Crippen molar-refractivity contribution in [3.05, 3.63) is 6.07 Å². The first-order valence-corrected chi connectivity index (χ1v) is 5.39. The molecular formula is C10H14N4O6. The molecule has 0 fully saturated rings. The molecule has 10 nitrogen and oxygen atoms in total. The smallest absolute Gasteiger partial charge is 0.334 e. The van der Waals surface area contributed by atoms with E-state index >= 15 is 0 Å². The molecule has 1 unspecified atom stereocenters. The highest BCUT2D eigenvalue weighted by Gasteiger charge is 2.15. The molecule has 0 spiro atoms. The number of carbonyl (C=O) groups excluding carboxylic acids is 1. The number of hydrogen-bond acceptors (Lipinski definition) is 7. The number of urea groups is 1. The summed E-state index contributed by atoms with van der Waals surface area (Å²) in [5.41, 5.74) is 0. The van der Waals surface area contributed by atoms with Crippen LogP contribution < -0.4 is 20.1 Å². The van der Waals surface area contributed by atoms with Crippen molar-refractivity contribution < 1.29 is 29.3 Å². The average Bonchev–Trinajstić information content (AvgIpc) is 2.43. The molecule has 1 atom stereocenters. The van der Waals surface area contributed by atoms with Crippen LogP contribution in [0.5, 0.6) is 11.8 Å². The predicted octanol–water partition coefficient (Wildman–Crippen LogP) is -0.939. The summed E-state index contributed by atoms with van der Waals surface area (Å²) in [6.07, 6.45) is -1.69. The second-order valence-corrected chi connectivity index (χ2v) is 3.47. The van der Waals surface area contributed by atoms with Crippen molar-refractivity contribution in [2.24, 2.45) is 0 Å². The number of carbonyl (C=O) groups is 2. The van der Waals surface area contributed by atoms with E-state index in [1.54, 1.807) is 0 Å². The molecule has 0 aromatic carbocycles. The van der Waals surface area contributed by atoms with Gasteiger partial charge in [0.2, 0.25) is 17.7 Å². The van der Waals surface area contributed by atoms with E-state index in [0.717, 1.165) is 0 Å². The topological polar surface area (TPSA) is 143 Å². The number of aromatic nitrogens is 2. The molecule has 0 aliphatic heterocycles. The fraction of sp³-hybridized carbons (Fsp3) is 0.400. The van der Waals surface area contributed by atoms with Gasteiger partial charge in [0.15, 0.2) is 6.10 Å². The summed E-state index contributed by atoms with van der Waals surface area (Å²) in [6, 6.07) is 0.637. The van der Waals surface area contributed by atoms with Gasteiger partial charge in [0.25, 0.3) is 0 Å². The standard InChI is InChI=1S/C10H14N4O6/c1-19-6-3-7(20-2)13-9(12-6)14-10(18)11-4-5(15)8(16)17/h3,5,15H,4H2,1-2H3,(H,16,17)(H2,11,12,13,14,18). The van der Waals surface area contributed by atoms with E-state index in [2.05, 4.69) is 20.6 Å². The van der Waals surface area contributed by atoms with Gasteiger partial charge in [0, 0.05) is 0 Å². The third kappa shape index (κ3) is 4.57. The molecule has 0 saturated carbocycles. The normalized spacial score (nSPS) is 11.3. The number of aliphatic hydroxyl groups excluding tert-OH is 1. The van der Waals surface area contributed by atoms with Crippen molar-refractivity contribution in [2.45, 2.75) is 6.10 Å². The van der Waals surface area contributed by atoms with Gasteiger partial charge in [-0.2, -0.15) is 9.97 Å². The number of aliphatic carboxylic acids is 1. The molecule has 1 aromatic rings. The van der Waals surface area contributed by atoms with Crippen molar-refractivity contribution >= 4 is 17.9 Å². The molecule has 0 saturated heterocycles. The Morgan fingerprint density at radius 2 is 1.85 bits per heavy atom. The minimum absolute atomic E-state index is 0.0940. The highest BCUT2D eigenvalue weighted by atomic mass is 16.5. The fourth-order valence-electron chi connectivity index (χ4n) is 1.09. The van der Waals surface area contributed by atoms with Crippen LogP contribution in [0, 0.1) is 0 Å². The predicted molar refractivity (Wildman–Crippen MR) is 65.8 cm³/mol. The van der Waals surface area contributed by atoms with E-state index in [1.165, 1.54) is 20.3 Å². The Morgan fingerprint density at radius 3 is 2.30 bits per heavy atom. The van der Waals surface area contributed by atoms with Gasteiger partial charge in [-0.25, -0.2) is 9.59 Å². The lowest BCUT2D eigenvalue weighted by molar-refractivity contribution is -0.146. The van der Waals surface area contributed by atoms with Crippen molar-refractivity contribution in [2.75, 3.05) is 26.1 Å². The number of amides is 2. The van der Waals surface area contributed by atoms with Gasteiger partial charge in [-0.05, 0) is 0 Å². The number of ether oxygens (including phenoxy) is 2. The first-order valence-electron chi connectivity index (χ1n) is 5.39. The molecule has 0 aliphatic carbocycles. The highest BCUT2D eigenvalue weighted by Crippen LogP contribution is 2.16. The number of carboxylic acid groups (broad SMARTS) is 1. The van der Waals surface area contributed by atoms with Crippen LogP contribution >= 0.6 is 0 Å². The summed E-state index contributed by atoms with van der Waals surface area (Å²) in [5.74, 6) is -1.18. The zero-order valence-electron chi connectivity index (χ0n) is 10.8. The summed E-state index contributed by atoms with van der Waals surface area (Å²) >= 11 is 0. The van der Waals surface area contributed by atoms with Crippen molar-refractivity contribution in [3.8, 4) is 11.8 Å². The van der Waals surface area contributed by atoms with Crippen LogP contribution in [-0.2, 0) is 4.79 Å². The van der Waals surface area contributed by atoms with Gasteiger partial charge in [-0.1, -0.05) is 0 Å². The van der Waals surface area contributed by atoms with Gasteiger partial charge in [0.05, 0.1) is 26.8 Å². The zero-order valence-corrected chi connectivity index (χ0v) is 10.8. The first-order chi connectivity index (χ1) is 9.46. The lowest BCUT2D eigenvalue weighted by Crippen LogP contribution is -2.39. The molecule has 2 amide bonds. The Labute approximate surface area is 113 Å². The lowest BCUT2D eigenvalue weighted by Gasteiger charge is -2.09. The molecule has 0 radical (unpaired) electrons. The quantitative estimate of drug-likeness (QED) is 0.524. The number of hydrogen-bond donors (Lipinski definition) is 4. The van der Waals surface area contributed by atoms with Crippen molar-refractivity contribution in [1.82, 2.24) is 15.3 Å². The van der Waals surface area contributed by atoms with Gasteiger partial charge in [-0.15, -0.1) is 0 Å². The molecule has 1 heterocycles. The van der Waals surface area contributed by atoms with Gasteiger partial charge >= 0.3 is 12.0 Å². The van der Waals surface area contributed by atoms with Gasteiger partial charge in [-0.3, -0.25) is 5.32 Å². The summed E-state index contributed by atoms with van der Waals surface area (Å²) in [5, 5.41) is 21.8. The molecule has 0 bridgehead atoms. The molecule has 0 aliphatic rings. The van der Waals surface area contributed by atoms with E-state index in [-0.39, 0.29) is 17.7 Å². The second kappa shape index (κ2) is 7.09. The zero-order chi connectivity index (χ0) is 15.1. The van der Waals surface area contributed by atoms with Gasteiger partial charge in [0.1, 0.15) is 0 Å². The fourth-order valence-corrected chi connectivity index (χ4v) is 1.09. The van der Waals surface area contributed by atoms with Crippen molar-refractivity contribution in [3.63, 3.8) is 0 Å². The van der Waals surface area contributed by atoms with E-state index in [4.69, 9.17) is 19.7 Å². The lowest BCUT2D eigenvalue weighted by atomic mass is 10.4. The van der Waals surface area contributed by atoms with Crippen LogP contribution in [0.3, 0.4) is 0 Å². The summed E-state index contributed by atoms with van der Waals surface area (Å²) in [6.45, 7) is -0.456. The Hall–Kier alpha value is -2.62. The minimum Gasteiger partial charge on any atom is -0.481 e. The van der Waals surface area contributed by atoms with Gasteiger partial charge < -0.3 is 25.0 Å². The number of methoxy groups -OCH3 is 2. The molecule has 1 aromatic heterocycles. The molecule has 1 rings (SSSR count). The third-order valence-corrected chi connectivity index (χ3v) is 2.06. The maximum absolute atomic E-state index is 11.5. The van der Waals surface area contributed by atoms with Crippen LogP contribution in [-0.4, -0.2) is 59.0 Å². The Morgan fingerprint density at radius 1 is 1.30 bits per heavy atom. The second-order valence-electron chi connectivity index (χ2n) is 3.47. The number of nitrogens with one attached hydrogen (secondary N) is 2. The first kappa shape index (κ1) is 15.4. The Balaban J connectivity index is 2.63. The maximum atomic E-state index is 11.5. The number of carboxylic acids is 1. The van der Waals surface area contributed by atoms with Crippen LogP contribution in [0.15, 0.2) is 6.07 Å². The van der Waals surface area contributed by atoms with Crippen LogP contribution in [0.2, 0.25) is 0 Å². The van der Waals surface area contributed by atoms with Crippen LogP contribution in [0.4, 0.5) is 10.7 Å². The Kier molecular flexibility index (Phi) is 5.47. The molecule has 20 heavy (non-hydrogen) atoms. The minimum atomic E-state index is -1.69. The van der Waals surface area contributed by atoms with Crippen LogP contribution in [0.25, 0.3) is 0 Å². The molecule has 110 valence electrons. The van der Waals surface area contributed by atoms with Crippen LogP contribution in [0.1, 0.15) is 0 Å². The SMILES string of the molecule is COc1cc(OC)nc(NC(=O)NCC(O)C(=O)O)n1. The molecule has 10 heteroatoms. The monoisotopic (exact) mass is 286 g/mol. The number of anilines is 1. The summed E-state index contributed by atoms with van der Waals surface area (Å²) in [4.78, 5) is 29.5. The summed E-state index contributed by atoms with van der Waals surface area (Å²) < 4.78 is 9.78.